The Labute approximate surface area is 165 Å². The van der Waals surface area contributed by atoms with E-state index < -0.39 is 12.6 Å². The van der Waals surface area contributed by atoms with Crippen molar-refractivity contribution in [1.82, 2.24) is 15.0 Å². The number of halogens is 3. The largest absolute Gasteiger partial charge is 0.573 e. The van der Waals surface area contributed by atoms with E-state index in [1.807, 2.05) is 13.8 Å². The van der Waals surface area contributed by atoms with Crippen LogP contribution in [0.2, 0.25) is 0 Å². The summed E-state index contributed by atoms with van der Waals surface area (Å²) in [6.07, 6.45) is 0.806. The van der Waals surface area contributed by atoms with Crippen LogP contribution in [-0.2, 0) is 6.42 Å². The number of nitrogens with zero attached hydrogens (tertiary/aromatic N) is 3. The lowest BCUT2D eigenvalue weighted by Gasteiger charge is -2.16. The standard InChI is InChI=1S/C20H19F3N4O2/c1-3-13-4-5-14(29-20(21,22)23)8-15(13)17-10-26-18(11-25-17)27-19(28)16-9-24-7-6-12(16)2/h4-11,19,28H,3H2,1-2H3,(H,26,27). The van der Waals surface area contributed by atoms with E-state index in [-0.39, 0.29) is 5.75 Å². The molecular weight excluding hydrogens is 385 g/mol. The number of aromatic nitrogens is 3. The van der Waals surface area contributed by atoms with Crippen molar-refractivity contribution in [2.45, 2.75) is 32.9 Å². The van der Waals surface area contributed by atoms with Crippen LogP contribution in [0.4, 0.5) is 19.0 Å². The Bertz CT molecular complexity index is 978. The Morgan fingerprint density at radius 1 is 1.14 bits per heavy atom. The van der Waals surface area contributed by atoms with Crippen molar-refractivity contribution in [2.24, 2.45) is 0 Å². The number of rotatable bonds is 6. The Morgan fingerprint density at radius 2 is 1.93 bits per heavy atom. The summed E-state index contributed by atoms with van der Waals surface area (Å²) in [6, 6.07) is 5.90. The van der Waals surface area contributed by atoms with Crippen LogP contribution in [0.3, 0.4) is 0 Å². The van der Waals surface area contributed by atoms with Gasteiger partial charge in [-0.25, -0.2) is 4.98 Å². The highest BCUT2D eigenvalue weighted by Gasteiger charge is 2.31. The quantitative estimate of drug-likeness (QED) is 0.593. The predicted molar refractivity (Wildman–Crippen MR) is 101 cm³/mol. The van der Waals surface area contributed by atoms with E-state index in [4.69, 9.17) is 0 Å². The molecule has 2 heterocycles. The van der Waals surface area contributed by atoms with E-state index in [9.17, 15) is 18.3 Å². The van der Waals surface area contributed by atoms with Crippen molar-refractivity contribution in [3.05, 3.63) is 65.7 Å². The van der Waals surface area contributed by atoms with Crippen molar-refractivity contribution in [2.75, 3.05) is 5.32 Å². The number of aliphatic hydroxyl groups excluding tert-OH is 1. The molecule has 3 rings (SSSR count). The minimum atomic E-state index is -4.77. The number of aryl methyl sites for hydroxylation is 2. The van der Waals surface area contributed by atoms with E-state index in [0.29, 0.717) is 29.1 Å². The normalized spacial score (nSPS) is 12.5. The topological polar surface area (TPSA) is 80.2 Å². The second kappa shape index (κ2) is 8.44. The summed E-state index contributed by atoms with van der Waals surface area (Å²) in [4.78, 5) is 12.5. The Hall–Kier alpha value is -3.20. The van der Waals surface area contributed by atoms with Gasteiger partial charge in [0.2, 0.25) is 0 Å². The SMILES string of the molecule is CCc1ccc(OC(F)(F)F)cc1-c1cnc(NC(O)c2cnccc2C)cn1. The fourth-order valence-corrected chi connectivity index (χ4v) is 2.82. The van der Waals surface area contributed by atoms with Gasteiger partial charge >= 0.3 is 6.36 Å². The molecule has 1 atom stereocenters. The number of pyridine rings is 1. The first-order chi connectivity index (χ1) is 13.8. The molecule has 152 valence electrons. The molecule has 29 heavy (non-hydrogen) atoms. The summed E-state index contributed by atoms with van der Waals surface area (Å²) in [5.74, 6) is -0.0126. The van der Waals surface area contributed by atoms with E-state index in [1.165, 1.54) is 24.5 Å². The molecule has 9 heteroatoms. The molecule has 2 N–H and O–H groups in total. The fourth-order valence-electron chi connectivity index (χ4n) is 2.82. The van der Waals surface area contributed by atoms with Crippen LogP contribution >= 0.6 is 0 Å². The molecule has 0 saturated heterocycles. The number of hydrogen-bond donors (Lipinski definition) is 2. The van der Waals surface area contributed by atoms with Gasteiger partial charge in [-0.3, -0.25) is 9.97 Å². The Kier molecular flexibility index (Phi) is 5.97. The molecular formula is C20H19F3N4O2. The zero-order valence-corrected chi connectivity index (χ0v) is 15.7. The number of anilines is 1. The van der Waals surface area contributed by atoms with Crippen molar-refractivity contribution in [3.8, 4) is 17.0 Å². The second-order valence-corrected chi connectivity index (χ2v) is 6.29. The number of ether oxygens (including phenoxy) is 1. The fraction of sp³-hybridized carbons (Fsp3) is 0.250. The first-order valence-electron chi connectivity index (χ1n) is 8.83. The summed E-state index contributed by atoms with van der Waals surface area (Å²) in [7, 11) is 0. The molecule has 1 unspecified atom stereocenters. The van der Waals surface area contributed by atoms with E-state index >= 15 is 0 Å². The van der Waals surface area contributed by atoms with Crippen LogP contribution in [0.25, 0.3) is 11.3 Å². The highest BCUT2D eigenvalue weighted by molar-refractivity contribution is 5.65. The van der Waals surface area contributed by atoms with Crippen molar-refractivity contribution in [1.29, 1.82) is 0 Å². The van der Waals surface area contributed by atoms with Gasteiger partial charge in [0.1, 0.15) is 11.6 Å². The summed E-state index contributed by atoms with van der Waals surface area (Å²) in [5.41, 5.74) is 3.16. The highest BCUT2D eigenvalue weighted by Crippen LogP contribution is 2.30. The van der Waals surface area contributed by atoms with Crippen molar-refractivity contribution in [3.63, 3.8) is 0 Å². The molecule has 0 bridgehead atoms. The van der Waals surface area contributed by atoms with Gasteiger partial charge < -0.3 is 15.2 Å². The maximum atomic E-state index is 12.5. The van der Waals surface area contributed by atoms with Gasteiger partial charge in [-0.15, -0.1) is 13.2 Å². The predicted octanol–water partition coefficient (Wildman–Crippen LogP) is 4.41. The first-order valence-corrected chi connectivity index (χ1v) is 8.83. The number of aliphatic hydroxyl groups is 1. The first kappa shape index (κ1) is 20.5. The maximum Gasteiger partial charge on any atom is 0.573 e. The highest BCUT2D eigenvalue weighted by atomic mass is 19.4. The second-order valence-electron chi connectivity index (χ2n) is 6.29. The van der Waals surface area contributed by atoms with Crippen LogP contribution in [0.5, 0.6) is 5.75 Å². The van der Waals surface area contributed by atoms with Crippen LogP contribution in [0.15, 0.2) is 49.1 Å². The molecule has 0 amide bonds. The number of hydrogen-bond acceptors (Lipinski definition) is 6. The van der Waals surface area contributed by atoms with E-state index in [2.05, 4.69) is 25.0 Å². The number of benzene rings is 1. The molecule has 0 saturated carbocycles. The minimum Gasteiger partial charge on any atom is -0.406 e. The van der Waals surface area contributed by atoms with Crippen LogP contribution in [0.1, 0.15) is 29.8 Å². The van der Waals surface area contributed by atoms with Gasteiger partial charge in [0.05, 0.1) is 18.1 Å². The molecule has 2 aromatic heterocycles. The van der Waals surface area contributed by atoms with E-state index in [0.717, 1.165) is 11.1 Å². The maximum absolute atomic E-state index is 12.5. The Balaban J connectivity index is 1.82. The molecule has 0 aliphatic rings. The van der Waals surface area contributed by atoms with Crippen molar-refractivity contribution >= 4 is 5.82 Å². The smallest absolute Gasteiger partial charge is 0.406 e. The third kappa shape index (κ3) is 5.20. The summed E-state index contributed by atoms with van der Waals surface area (Å²) in [5, 5.41) is 13.1. The number of nitrogens with one attached hydrogen (secondary N) is 1. The average Bonchev–Trinajstić information content (AvgIpc) is 2.67. The van der Waals surface area contributed by atoms with Gasteiger partial charge in [-0.05, 0) is 42.7 Å². The van der Waals surface area contributed by atoms with Gasteiger partial charge in [0, 0.05) is 23.5 Å². The molecule has 3 aromatic rings. The zero-order chi connectivity index (χ0) is 21.0. The van der Waals surface area contributed by atoms with Gasteiger partial charge in [0.25, 0.3) is 0 Å². The van der Waals surface area contributed by atoms with Crippen LogP contribution in [0, 0.1) is 6.92 Å². The summed E-state index contributed by atoms with van der Waals surface area (Å²) < 4.78 is 41.5. The van der Waals surface area contributed by atoms with Crippen molar-refractivity contribution < 1.29 is 23.0 Å². The summed E-state index contributed by atoms with van der Waals surface area (Å²) >= 11 is 0. The van der Waals surface area contributed by atoms with Crippen LogP contribution < -0.4 is 10.1 Å². The lowest BCUT2D eigenvalue weighted by atomic mass is 10.0. The lowest BCUT2D eigenvalue weighted by molar-refractivity contribution is -0.274. The molecule has 6 nitrogen and oxygen atoms in total. The Morgan fingerprint density at radius 3 is 2.55 bits per heavy atom. The zero-order valence-electron chi connectivity index (χ0n) is 15.7. The average molecular weight is 404 g/mol. The molecule has 1 aromatic carbocycles. The molecule has 0 aliphatic carbocycles. The molecule has 0 aliphatic heterocycles. The minimum absolute atomic E-state index is 0.310. The summed E-state index contributed by atoms with van der Waals surface area (Å²) in [6.45, 7) is 3.73. The van der Waals surface area contributed by atoms with E-state index in [1.54, 1.807) is 24.5 Å². The monoisotopic (exact) mass is 404 g/mol. The van der Waals surface area contributed by atoms with Gasteiger partial charge in [-0.2, -0.15) is 0 Å². The number of alkyl halides is 3. The lowest BCUT2D eigenvalue weighted by Crippen LogP contribution is -2.17. The molecule has 0 radical (unpaired) electrons. The van der Waals surface area contributed by atoms with Crippen LogP contribution in [-0.4, -0.2) is 26.4 Å². The third-order valence-electron chi connectivity index (χ3n) is 4.28. The van der Waals surface area contributed by atoms with Gasteiger partial charge in [0.15, 0.2) is 6.23 Å². The molecule has 0 spiro atoms. The molecule has 0 fully saturated rings. The third-order valence-corrected chi connectivity index (χ3v) is 4.28. The van der Waals surface area contributed by atoms with Gasteiger partial charge in [-0.1, -0.05) is 13.0 Å².